The van der Waals surface area contributed by atoms with Crippen LogP contribution in [0.2, 0.25) is 0 Å². The summed E-state index contributed by atoms with van der Waals surface area (Å²) >= 11 is 0. The first-order valence-electron chi connectivity index (χ1n) is 7.11. The van der Waals surface area contributed by atoms with Crippen molar-refractivity contribution >= 4 is 17.7 Å². The van der Waals surface area contributed by atoms with E-state index < -0.39 is 17.5 Å². The number of carbonyl (C=O) groups is 3. The van der Waals surface area contributed by atoms with Gasteiger partial charge in [-0.15, -0.1) is 0 Å². The fraction of sp³-hybridized carbons (Fsp3) is 0.769. The molecular formula is C13H22N4O3. The summed E-state index contributed by atoms with van der Waals surface area (Å²) in [5.41, 5.74) is 10.2. The van der Waals surface area contributed by atoms with Gasteiger partial charge in [0.25, 0.3) is 0 Å². The van der Waals surface area contributed by atoms with Crippen LogP contribution in [-0.4, -0.2) is 47.3 Å². The predicted octanol–water partition coefficient (Wildman–Crippen LogP) is -1.15. The summed E-state index contributed by atoms with van der Waals surface area (Å²) in [6, 6.07) is -0.772. The molecule has 0 saturated carbocycles. The maximum atomic E-state index is 12.5. The normalized spacial score (nSPS) is 27.4. The minimum absolute atomic E-state index is 0.0762. The van der Waals surface area contributed by atoms with Gasteiger partial charge in [-0.25, -0.2) is 0 Å². The summed E-state index contributed by atoms with van der Waals surface area (Å²) < 4.78 is 0. The number of nitrogens with one attached hydrogen (secondary N) is 1. The molecule has 112 valence electrons. The average molecular weight is 282 g/mol. The Kier molecular flexibility index (Phi) is 4.27. The summed E-state index contributed by atoms with van der Waals surface area (Å²) in [5, 5.41) is 2.81. The number of hydrogen-bond acceptors (Lipinski definition) is 4. The van der Waals surface area contributed by atoms with Crippen LogP contribution in [-0.2, 0) is 14.4 Å². The predicted molar refractivity (Wildman–Crippen MR) is 72.3 cm³/mol. The number of amides is 3. The van der Waals surface area contributed by atoms with Crippen molar-refractivity contribution in [1.29, 1.82) is 0 Å². The van der Waals surface area contributed by atoms with Crippen LogP contribution in [0.5, 0.6) is 0 Å². The molecule has 0 aliphatic carbocycles. The monoisotopic (exact) mass is 282 g/mol. The van der Waals surface area contributed by atoms with Crippen LogP contribution >= 0.6 is 0 Å². The Labute approximate surface area is 118 Å². The van der Waals surface area contributed by atoms with E-state index in [-0.39, 0.29) is 24.7 Å². The Balaban J connectivity index is 2.10. The van der Waals surface area contributed by atoms with E-state index >= 15 is 0 Å². The highest BCUT2D eigenvalue weighted by Crippen LogP contribution is 2.34. The van der Waals surface area contributed by atoms with E-state index in [9.17, 15) is 14.4 Å². The van der Waals surface area contributed by atoms with Crippen molar-refractivity contribution in [3.63, 3.8) is 0 Å². The lowest BCUT2D eigenvalue weighted by atomic mass is 9.84. The smallest absolute Gasteiger partial charge is 0.246 e. The fourth-order valence-corrected chi connectivity index (χ4v) is 3.14. The number of nitrogens with zero attached hydrogens (tertiary/aromatic N) is 1. The SMILES string of the molecule is NC(=O)CC[C@H](N)C(=O)N1CCCCC12CCNC2=O. The quantitative estimate of drug-likeness (QED) is 0.603. The molecule has 0 aromatic carbocycles. The maximum Gasteiger partial charge on any atom is 0.246 e. The number of piperidine rings is 1. The Morgan fingerprint density at radius 1 is 1.35 bits per heavy atom. The zero-order valence-corrected chi connectivity index (χ0v) is 11.6. The van der Waals surface area contributed by atoms with Gasteiger partial charge in [0.2, 0.25) is 17.7 Å². The minimum atomic E-state index is -0.772. The molecule has 3 amide bonds. The molecule has 2 fully saturated rings. The number of hydrogen-bond donors (Lipinski definition) is 3. The van der Waals surface area contributed by atoms with E-state index in [4.69, 9.17) is 11.5 Å². The molecule has 2 aliphatic heterocycles. The largest absolute Gasteiger partial charge is 0.370 e. The highest BCUT2D eigenvalue weighted by molar-refractivity contribution is 5.94. The van der Waals surface area contributed by atoms with Crippen LogP contribution < -0.4 is 16.8 Å². The molecule has 1 spiro atoms. The Hall–Kier alpha value is -1.63. The molecule has 20 heavy (non-hydrogen) atoms. The van der Waals surface area contributed by atoms with E-state index in [1.807, 2.05) is 0 Å². The molecule has 0 bridgehead atoms. The minimum Gasteiger partial charge on any atom is -0.370 e. The zero-order chi connectivity index (χ0) is 14.8. The van der Waals surface area contributed by atoms with Crippen molar-refractivity contribution in [2.45, 2.75) is 50.1 Å². The molecule has 2 heterocycles. The average Bonchev–Trinajstić information content (AvgIpc) is 2.77. The number of rotatable bonds is 4. The van der Waals surface area contributed by atoms with E-state index in [1.165, 1.54) is 0 Å². The van der Waals surface area contributed by atoms with Crippen molar-refractivity contribution in [2.75, 3.05) is 13.1 Å². The molecule has 0 aromatic rings. The highest BCUT2D eigenvalue weighted by Gasteiger charge is 2.50. The standard InChI is InChI=1S/C13H22N4O3/c14-9(3-4-10(15)18)11(19)17-8-2-1-5-13(17)6-7-16-12(13)20/h9H,1-8,14H2,(H2,15,18)(H,16,20)/t9-,13?/m0/s1. The van der Waals surface area contributed by atoms with Crippen LogP contribution in [0.15, 0.2) is 0 Å². The lowest BCUT2D eigenvalue weighted by molar-refractivity contribution is -0.149. The summed E-state index contributed by atoms with van der Waals surface area (Å²) in [5.74, 6) is -0.795. The van der Waals surface area contributed by atoms with Crippen LogP contribution in [0.25, 0.3) is 0 Å². The second-order valence-electron chi connectivity index (χ2n) is 5.60. The first-order chi connectivity index (χ1) is 9.47. The summed E-state index contributed by atoms with van der Waals surface area (Å²) in [4.78, 5) is 37.0. The van der Waals surface area contributed by atoms with Crippen LogP contribution in [0, 0.1) is 0 Å². The Bertz CT molecular complexity index is 426. The Morgan fingerprint density at radius 2 is 2.10 bits per heavy atom. The molecule has 0 radical (unpaired) electrons. The van der Waals surface area contributed by atoms with Gasteiger partial charge in [-0.3, -0.25) is 14.4 Å². The van der Waals surface area contributed by atoms with Gasteiger partial charge in [0.15, 0.2) is 0 Å². The lowest BCUT2D eigenvalue weighted by Crippen LogP contribution is -2.61. The third kappa shape index (κ3) is 2.63. The van der Waals surface area contributed by atoms with Crippen LogP contribution in [0.4, 0.5) is 0 Å². The first kappa shape index (κ1) is 14.8. The van der Waals surface area contributed by atoms with Gasteiger partial charge < -0.3 is 21.7 Å². The number of carbonyl (C=O) groups excluding carboxylic acids is 3. The van der Waals surface area contributed by atoms with Gasteiger partial charge in [0, 0.05) is 19.5 Å². The van der Waals surface area contributed by atoms with Crippen LogP contribution in [0.3, 0.4) is 0 Å². The maximum absolute atomic E-state index is 12.5. The van der Waals surface area contributed by atoms with Crippen molar-refractivity contribution in [3.05, 3.63) is 0 Å². The summed E-state index contributed by atoms with van der Waals surface area (Å²) in [6.45, 7) is 1.15. The topological polar surface area (TPSA) is 119 Å². The number of likely N-dealkylation sites (tertiary alicyclic amines) is 1. The van der Waals surface area contributed by atoms with Crippen molar-refractivity contribution in [3.8, 4) is 0 Å². The third-order valence-electron chi connectivity index (χ3n) is 4.27. The van der Waals surface area contributed by atoms with Crippen molar-refractivity contribution in [1.82, 2.24) is 10.2 Å². The molecule has 2 saturated heterocycles. The molecule has 2 atom stereocenters. The molecular weight excluding hydrogens is 260 g/mol. The second-order valence-corrected chi connectivity index (χ2v) is 5.60. The molecule has 7 nitrogen and oxygen atoms in total. The fourth-order valence-electron chi connectivity index (χ4n) is 3.14. The molecule has 2 aliphatic rings. The van der Waals surface area contributed by atoms with E-state index in [0.29, 0.717) is 25.9 Å². The highest BCUT2D eigenvalue weighted by atomic mass is 16.2. The van der Waals surface area contributed by atoms with Gasteiger partial charge in [-0.2, -0.15) is 0 Å². The van der Waals surface area contributed by atoms with Crippen LogP contribution in [0.1, 0.15) is 38.5 Å². The molecule has 0 aromatic heterocycles. The van der Waals surface area contributed by atoms with E-state index in [0.717, 1.165) is 12.8 Å². The van der Waals surface area contributed by atoms with Gasteiger partial charge in [-0.1, -0.05) is 0 Å². The molecule has 5 N–H and O–H groups in total. The molecule has 1 unspecified atom stereocenters. The van der Waals surface area contributed by atoms with Gasteiger partial charge in [0.1, 0.15) is 5.54 Å². The van der Waals surface area contributed by atoms with Gasteiger partial charge in [-0.05, 0) is 32.1 Å². The lowest BCUT2D eigenvalue weighted by Gasteiger charge is -2.43. The van der Waals surface area contributed by atoms with Crippen molar-refractivity contribution < 1.29 is 14.4 Å². The molecule has 7 heteroatoms. The van der Waals surface area contributed by atoms with Gasteiger partial charge in [0.05, 0.1) is 6.04 Å². The summed E-state index contributed by atoms with van der Waals surface area (Å²) in [7, 11) is 0. The van der Waals surface area contributed by atoms with E-state index in [1.54, 1.807) is 4.90 Å². The summed E-state index contributed by atoms with van der Waals surface area (Å²) in [6.07, 6.45) is 3.45. The first-order valence-corrected chi connectivity index (χ1v) is 7.11. The second kappa shape index (κ2) is 5.78. The number of nitrogens with two attached hydrogens (primary N) is 2. The Morgan fingerprint density at radius 3 is 2.70 bits per heavy atom. The van der Waals surface area contributed by atoms with Gasteiger partial charge >= 0.3 is 0 Å². The van der Waals surface area contributed by atoms with E-state index in [2.05, 4.69) is 5.32 Å². The third-order valence-corrected chi connectivity index (χ3v) is 4.27. The molecule has 2 rings (SSSR count). The zero-order valence-electron chi connectivity index (χ0n) is 11.6. The number of primary amides is 1. The van der Waals surface area contributed by atoms with Crippen molar-refractivity contribution in [2.24, 2.45) is 11.5 Å².